The predicted octanol–water partition coefficient (Wildman–Crippen LogP) is 3.86. The van der Waals surface area contributed by atoms with Crippen molar-refractivity contribution in [2.24, 2.45) is 5.73 Å². The molecule has 0 aromatic heterocycles. The van der Waals surface area contributed by atoms with Gasteiger partial charge in [-0.1, -0.05) is 12.1 Å². The molecule has 0 aliphatic carbocycles. The van der Waals surface area contributed by atoms with Crippen LogP contribution in [0, 0.1) is 0 Å². The minimum atomic E-state index is -4.68. The number of alkyl halides is 6. The molecule has 2 N–H and O–H groups in total. The van der Waals surface area contributed by atoms with Gasteiger partial charge in [-0.25, -0.2) is 0 Å². The van der Waals surface area contributed by atoms with E-state index in [4.69, 9.17) is 5.73 Å². The first-order chi connectivity index (χ1) is 7.59. The van der Waals surface area contributed by atoms with E-state index in [-0.39, 0.29) is 4.90 Å². The second-order valence-corrected chi connectivity index (χ2v) is 4.28. The normalized spacial score (nSPS) is 14.8. The molecule has 0 amide bonds. The molecular weight excluding hydrogens is 268 g/mol. The Bertz CT molecular complexity index is 386. The lowest BCUT2D eigenvalue weighted by Gasteiger charge is -2.16. The van der Waals surface area contributed by atoms with Crippen molar-refractivity contribution in [2.75, 3.05) is 0 Å². The van der Waals surface area contributed by atoms with Crippen LogP contribution in [0.1, 0.15) is 11.6 Å². The molecule has 0 heterocycles. The third-order valence-electron chi connectivity index (χ3n) is 1.80. The largest absolute Gasteiger partial charge is 0.446 e. The summed E-state index contributed by atoms with van der Waals surface area (Å²) < 4.78 is 72.8. The van der Waals surface area contributed by atoms with Gasteiger partial charge in [0.25, 0.3) is 0 Å². The van der Waals surface area contributed by atoms with Gasteiger partial charge >= 0.3 is 11.7 Å². The monoisotopic (exact) mass is 275 g/mol. The van der Waals surface area contributed by atoms with Gasteiger partial charge in [-0.15, -0.1) is 0 Å². The van der Waals surface area contributed by atoms with E-state index < -0.39 is 35.1 Å². The zero-order valence-electron chi connectivity index (χ0n) is 8.14. The highest BCUT2D eigenvalue weighted by atomic mass is 32.2. The molecular formula is C9H7F6NS. The number of thioether (sulfide) groups is 1. The van der Waals surface area contributed by atoms with E-state index in [0.29, 0.717) is 0 Å². The summed E-state index contributed by atoms with van der Waals surface area (Å²) in [6, 6.07) is 1.73. The Hall–Kier alpha value is -0.890. The van der Waals surface area contributed by atoms with Crippen LogP contribution in [0.5, 0.6) is 0 Å². The van der Waals surface area contributed by atoms with Crippen molar-refractivity contribution < 1.29 is 26.3 Å². The van der Waals surface area contributed by atoms with Crippen LogP contribution >= 0.6 is 11.8 Å². The Kier molecular flexibility index (Phi) is 3.98. The van der Waals surface area contributed by atoms with Crippen LogP contribution < -0.4 is 5.73 Å². The van der Waals surface area contributed by atoms with Gasteiger partial charge in [0.15, 0.2) is 0 Å². The summed E-state index contributed by atoms with van der Waals surface area (Å²) in [4.78, 5) is -0.324. The maximum Gasteiger partial charge on any atom is 0.446 e. The molecule has 0 saturated heterocycles. The van der Waals surface area contributed by atoms with Gasteiger partial charge in [0.1, 0.15) is 6.04 Å². The van der Waals surface area contributed by atoms with Crippen molar-refractivity contribution >= 4 is 11.8 Å². The predicted molar refractivity (Wildman–Crippen MR) is 51.3 cm³/mol. The van der Waals surface area contributed by atoms with Crippen LogP contribution in [0.3, 0.4) is 0 Å². The van der Waals surface area contributed by atoms with Gasteiger partial charge in [-0.3, -0.25) is 0 Å². The molecule has 0 bridgehead atoms. The van der Waals surface area contributed by atoms with Gasteiger partial charge in [0.05, 0.1) is 0 Å². The van der Waals surface area contributed by atoms with E-state index in [0.717, 1.165) is 24.3 Å². The van der Waals surface area contributed by atoms with Crippen molar-refractivity contribution in [1.82, 2.24) is 0 Å². The topological polar surface area (TPSA) is 26.0 Å². The summed E-state index contributed by atoms with van der Waals surface area (Å²) in [7, 11) is 0. The molecule has 0 aliphatic rings. The van der Waals surface area contributed by atoms with Crippen LogP contribution in [-0.2, 0) is 0 Å². The molecule has 1 atom stereocenters. The molecule has 0 fully saturated rings. The van der Waals surface area contributed by atoms with Gasteiger partial charge in [-0.2, -0.15) is 26.3 Å². The lowest BCUT2D eigenvalue weighted by Crippen LogP contribution is -2.28. The summed E-state index contributed by atoms with van der Waals surface area (Å²) >= 11 is -0.480. The van der Waals surface area contributed by atoms with E-state index in [1.54, 1.807) is 0 Å². The van der Waals surface area contributed by atoms with Crippen LogP contribution in [0.4, 0.5) is 26.3 Å². The van der Waals surface area contributed by atoms with Crippen LogP contribution in [0.2, 0.25) is 0 Å². The van der Waals surface area contributed by atoms with Crippen molar-refractivity contribution in [3.63, 3.8) is 0 Å². The fraction of sp³-hybridized carbons (Fsp3) is 0.333. The molecule has 1 rings (SSSR count). The van der Waals surface area contributed by atoms with E-state index in [9.17, 15) is 26.3 Å². The molecule has 0 saturated carbocycles. The summed E-state index contributed by atoms with van der Waals surface area (Å²) in [5.74, 6) is 0. The summed E-state index contributed by atoms with van der Waals surface area (Å²) in [5, 5.41) is 0. The third-order valence-corrected chi connectivity index (χ3v) is 2.52. The maximum absolute atomic E-state index is 12.3. The summed E-state index contributed by atoms with van der Waals surface area (Å²) in [6.45, 7) is 0. The molecule has 17 heavy (non-hydrogen) atoms. The third kappa shape index (κ3) is 4.47. The lowest BCUT2D eigenvalue weighted by molar-refractivity contribution is -0.149. The Balaban J connectivity index is 2.94. The van der Waals surface area contributed by atoms with Crippen molar-refractivity contribution in [2.45, 2.75) is 22.6 Å². The van der Waals surface area contributed by atoms with E-state index in [1.165, 1.54) is 0 Å². The average Bonchev–Trinajstić information content (AvgIpc) is 2.12. The Morgan fingerprint density at radius 1 is 1.06 bits per heavy atom. The van der Waals surface area contributed by atoms with Crippen LogP contribution in [0.15, 0.2) is 29.2 Å². The molecule has 0 radical (unpaired) electrons. The fourth-order valence-corrected chi connectivity index (χ4v) is 1.70. The highest BCUT2D eigenvalue weighted by Gasteiger charge is 2.38. The Morgan fingerprint density at radius 3 is 2.12 bits per heavy atom. The number of benzene rings is 1. The first kappa shape index (κ1) is 14.2. The van der Waals surface area contributed by atoms with Gasteiger partial charge in [0, 0.05) is 4.90 Å². The van der Waals surface area contributed by atoms with Crippen LogP contribution in [0.25, 0.3) is 0 Å². The zero-order chi connectivity index (χ0) is 13.3. The molecule has 1 nitrogen and oxygen atoms in total. The highest BCUT2D eigenvalue weighted by Crippen LogP contribution is 2.38. The Labute approximate surface area is 97.0 Å². The zero-order valence-corrected chi connectivity index (χ0v) is 8.96. The smallest absolute Gasteiger partial charge is 0.316 e. The quantitative estimate of drug-likeness (QED) is 0.655. The van der Waals surface area contributed by atoms with Crippen LogP contribution in [-0.4, -0.2) is 11.7 Å². The van der Waals surface area contributed by atoms with E-state index in [2.05, 4.69) is 0 Å². The van der Waals surface area contributed by atoms with Crippen molar-refractivity contribution in [1.29, 1.82) is 0 Å². The fourth-order valence-electron chi connectivity index (χ4n) is 1.09. The maximum atomic E-state index is 12.3. The molecule has 1 aromatic rings. The summed E-state index contributed by atoms with van der Waals surface area (Å²) in [5.41, 5.74) is -0.0481. The van der Waals surface area contributed by atoms with E-state index in [1.807, 2.05) is 0 Å². The molecule has 0 aliphatic heterocycles. The van der Waals surface area contributed by atoms with Crippen molar-refractivity contribution in [3.8, 4) is 0 Å². The molecule has 0 unspecified atom stereocenters. The first-order valence-corrected chi connectivity index (χ1v) is 5.09. The average molecular weight is 275 g/mol. The summed E-state index contributed by atoms with van der Waals surface area (Å²) in [6.07, 6.45) is -4.68. The van der Waals surface area contributed by atoms with E-state index >= 15 is 0 Å². The minimum Gasteiger partial charge on any atom is -0.316 e. The first-order valence-electron chi connectivity index (χ1n) is 4.27. The minimum absolute atomic E-state index is 0.324. The molecule has 8 heteroatoms. The number of rotatable bonds is 2. The SMILES string of the molecule is N[C@H](c1cccc(SC(F)(F)F)c1)C(F)(F)F. The van der Waals surface area contributed by atoms with Crippen molar-refractivity contribution in [3.05, 3.63) is 29.8 Å². The molecule has 96 valence electrons. The molecule has 1 aromatic carbocycles. The van der Waals surface area contributed by atoms with Gasteiger partial charge in [0.2, 0.25) is 0 Å². The number of halogens is 6. The molecule has 0 spiro atoms. The number of nitrogens with two attached hydrogens (primary N) is 1. The number of hydrogen-bond acceptors (Lipinski definition) is 2. The number of hydrogen-bond donors (Lipinski definition) is 1. The second kappa shape index (κ2) is 4.77. The Morgan fingerprint density at radius 2 is 1.65 bits per heavy atom. The van der Waals surface area contributed by atoms with Gasteiger partial charge < -0.3 is 5.73 Å². The standard InChI is InChI=1S/C9H7F6NS/c10-8(11,12)7(16)5-2-1-3-6(4-5)17-9(13,14)15/h1-4,7H,16H2/t7-/m1/s1. The lowest BCUT2D eigenvalue weighted by atomic mass is 10.1. The highest BCUT2D eigenvalue weighted by molar-refractivity contribution is 8.00. The second-order valence-electron chi connectivity index (χ2n) is 3.14. The van der Waals surface area contributed by atoms with Gasteiger partial charge in [-0.05, 0) is 29.5 Å².